The maximum Gasteiger partial charge on any atom is 0.226 e. The largest absolute Gasteiger partial charge is 0.335 e. The van der Waals surface area contributed by atoms with E-state index in [1.54, 1.807) is 0 Å². The van der Waals surface area contributed by atoms with Gasteiger partial charge in [-0.1, -0.05) is 19.1 Å². The summed E-state index contributed by atoms with van der Waals surface area (Å²) in [5, 5.41) is 2.14. The summed E-state index contributed by atoms with van der Waals surface area (Å²) in [6.07, 6.45) is 2.83. The fraction of sp³-hybridized carbons (Fsp3) is 0.421. The van der Waals surface area contributed by atoms with Gasteiger partial charge in [0.05, 0.1) is 6.04 Å². The van der Waals surface area contributed by atoms with Crippen LogP contribution in [0.5, 0.6) is 0 Å². The first-order valence-electron chi connectivity index (χ1n) is 8.31. The SMILES string of the molecule is CCC1c2ccsc2CCN1C(=O)C1CC1c1ccc(F)cc1. The number of hydrogen-bond acceptors (Lipinski definition) is 2. The number of benzene rings is 1. The quantitative estimate of drug-likeness (QED) is 0.810. The Hall–Kier alpha value is -1.68. The van der Waals surface area contributed by atoms with Crippen LogP contribution in [0.4, 0.5) is 4.39 Å². The highest BCUT2D eigenvalue weighted by atomic mass is 32.1. The maximum absolute atomic E-state index is 13.1. The van der Waals surface area contributed by atoms with Crippen molar-refractivity contribution >= 4 is 17.2 Å². The van der Waals surface area contributed by atoms with E-state index in [-0.39, 0.29) is 29.6 Å². The summed E-state index contributed by atoms with van der Waals surface area (Å²) < 4.78 is 13.1. The monoisotopic (exact) mass is 329 g/mol. The molecule has 1 aliphatic heterocycles. The van der Waals surface area contributed by atoms with Crippen LogP contribution < -0.4 is 0 Å². The van der Waals surface area contributed by atoms with Gasteiger partial charge in [-0.2, -0.15) is 0 Å². The average Bonchev–Trinajstić information content (AvgIpc) is 3.22. The van der Waals surface area contributed by atoms with Gasteiger partial charge in [0, 0.05) is 17.3 Å². The number of amides is 1. The lowest BCUT2D eigenvalue weighted by molar-refractivity contribution is -0.135. The highest BCUT2D eigenvalue weighted by Crippen LogP contribution is 2.50. The van der Waals surface area contributed by atoms with Crippen LogP contribution in [-0.4, -0.2) is 17.4 Å². The molecule has 0 radical (unpaired) electrons. The molecule has 4 heteroatoms. The van der Waals surface area contributed by atoms with Crippen molar-refractivity contribution in [2.75, 3.05) is 6.54 Å². The van der Waals surface area contributed by atoms with E-state index < -0.39 is 0 Å². The zero-order valence-corrected chi connectivity index (χ0v) is 14.0. The second-order valence-electron chi connectivity index (χ2n) is 6.51. The molecule has 3 unspecified atom stereocenters. The van der Waals surface area contributed by atoms with Crippen LogP contribution in [0.3, 0.4) is 0 Å². The molecule has 1 amide bonds. The number of rotatable bonds is 3. The molecule has 0 spiro atoms. The Kier molecular flexibility index (Phi) is 3.72. The van der Waals surface area contributed by atoms with Gasteiger partial charge in [0.2, 0.25) is 5.91 Å². The summed E-state index contributed by atoms with van der Waals surface area (Å²) in [5.74, 6) is 0.409. The van der Waals surface area contributed by atoms with E-state index >= 15 is 0 Å². The number of carbonyl (C=O) groups is 1. The average molecular weight is 329 g/mol. The Morgan fingerprint density at radius 1 is 1.30 bits per heavy atom. The number of halogens is 1. The summed E-state index contributed by atoms with van der Waals surface area (Å²) >= 11 is 1.81. The van der Waals surface area contributed by atoms with Gasteiger partial charge in [0.15, 0.2) is 0 Å². The van der Waals surface area contributed by atoms with E-state index in [0.29, 0.717) is 0 Å². The van der Waals surface area contributed by atoms with Crippen LogP contribution in [0.2, 0.25) is 0 Å². The summed E-state index contributed by atoms with van der Waals surface area (Å²) in [7, 11) is 0. The van der Waals surface area contributed by atoms with E-state index in [2.05, 4.69) is 23.3 Å². The molecule has 2 heterocycles. The molecule has 2 aliphatic rings. The summed E-state index contributed by atoms with van der Waals surface area (Å²) in [4.78, 5) is 16.5. The molecule has 1 aromatic carbocycles. The first-order chi connectivity index (χ1) is 11.2. The second-order valence-corrected chi connectivity index (χ2v) is 7.51. The number of nitrogens with zero attached hydrogens (tertiary/aromatic N) is 1. The van der Waals surface area contributed by atoms with Gasteiger partial charge in [0.1, 0.15) is 5.82 Å². The lowest BCUT2D eigenvalue weighted by atomic mass is 9.97. The van der Waals surface area contributed by atoms with E-state index in [0.717, 1.165) is 31.4 Å². The van der Waals surface area contributed by atoms with Gasteiger partial charge in [-0.05, 0) is 59.9 Å². The second kappa shape index (κ2) is 5.75. The van der Waals surface area contributed by atoms with Crippen molar-refractivity contribution < 1.29 is 9.18 Å². The van der Waals surface area contributed by atoms with Crippen molar-refractivity contribution in [2.24, 2.45) is 5.92 Å². The molecule has 2 nitrogen and oxygen atoms in total. The first-order valence-corrected chi connectivity index (χ1v) is 9.19. The van der Waals surface area contributed by atoms with Gasteiger partial charge in [-0.25, -0.2) is 4.39 Å². The van der Waals surface area contributed by atoms with Gasteiger partial charge in [-0.3, -0.25) is 4.79 Å². The third-order valence-electron chi connectivity index (χ3n) is 5.17. The molecule has 120 valence electrons. The molecule has 0 bridgehead atoms. The van der Waals surface area contributed by atoms with Crippen LogP contribution in [0.1, 0.15) is 47.7 Å². The van der Waals surface area contributed by atoms with E-state index in [1.165, 1.54) is 22.6 Å². The van der Waals surface area contributed by atoms with Crippen molar-refractivity contribution in [3.63, 3.8) is 0 Å². The third kappa shape index (κ3) is 2.59. The fourth-order valence-electron chi connectivity index (χ4n) is 3.86. The lowest BCUT2D eigenvalue weighted by Crippen LogP contribution is -2.40. The molecule has 2 aromatic rings. The van der Waals surface area contributed by atoms with Crippen molar-refractivity contribution in [3.8, 4) is 0 Å². The summed E-state index contributed by atoms with van der Waals surface area (Å²) in [5.41, 5.74) is 2.43. The van der Waals surface area contributed by atoms with E-state index in [4.69, 9.17) is 0 Å². The Morgan fingerprint density at radius 3 is 2.83 bits per heavy atom. The first kappa shape index (κ1) is 14.9. The third-order valence-corrected chi connectivity index (χ3v) is 6.17. The van der Waals surface area contributed by atoms with Gasteiger partial charge in [-0.15, -0.1) is 11.3 Å². The Bertz CT molecular complexity index is 723. The molecule has 0 saturated heterocycles. The molecule has 1 aromatic heterocycles. The minimum Gasteiger partial charge on any atom is -0.335 e. The van der Waals surface area contributed by atoms with Crippen LogP contribution in [0.25, 0.3) is 0 Å². The topological polar surface area (TPSA) is 20.3 Å². The highest BCUT2D eigenvalue weighted by Gasteiger charge is 2.47. The standard InChI is InChI=1S/C19H20FNOS/c1-2-17-14-8-10-23-18(14)7-9-21(17)19(22)16-11-15(16)12-3-5-13(20)6-4-12/h3-6,8,10,15-17H,2,7,9,11H2,1H3. The number of fused-ring (bicyclic) bond motifs is 1. The molecule has 1 aliphatic carbocycles. The molecule has 1 fully saturated rings. The van der Waals surface area contributed by atoms with E-state index in [9.17, 15) is 9.18 Å². The normalized spacial score (nSPS) is 26.0. The molecular weight excluding hydrogens is 309 g/mol. The zero-order chi connectivity index (χ0) is 16.0. The summed E-state index contributed by atoms with van der Waals surface area (Å²) in [6, 6.07) is 9.02. The molecule has 23 heavy (non-hydrogen) atoms. The smallest absolute Gasteiger partial charge is 0.226 e. The summed E-state index contributed by atoms with van der Waals surface area (Å²) in [6.45, 7) is 2.99. The van der Waals surface area contributed by atoms with Crippen LogP contribution in [0, 0.1) is 11.7 Å². The van der Waals surface area contributed by atoms with Crippen LogP contribution in [0.15, 0.2) is 35.7 Å². The Balaban J connectivity index is 1.51. The lowest BCUT2D eigenvalue weighted by Gasteiger charge is -2.35. The zero-order valence-electron chi connectivity index (χ0n) is 13.2. The molecule has 3 atom stereocenters. The Morgan fingerprint density at radius 2 is 2.09 bits per heavy atom. The minimum atomic E-state index is -0.218. The van der Waals surface area contributed by atoms with Crippen molar-refractivity contribution in [1.29, 1.82) is 0 Å². The number of thiophene rings is 1. The molecular formula is C19H20FNOS. The maximum atomic E-state index is 13.1. The predicted molar refractivity (Wildman–Crippen MR) is 90.0 cm³/mol. The van der Waals surface area contributed by atoms with Crippen molar-refractivity contribution in [3.05, 3.63) is 57.5 Å². The minimum absolute atomic E-state index is 0.0784. The Labute approximate surface area is 139 Å². The molecule has 4 rings (SSSR count). The highest BCUT2D eigenvalue weighted by molar-refractivity contribution is 7.10. The predicted octanol–water partition coefficient (Wildman–Crippen LogP) is 4.53. The van der Waals surface area contributed by atoms with Crippen molar-refractivity contribution in [1.82, 2.24) is 4.90 Å². The molecule has 0 N–H and O–H groups in total. The van der Waals surface area contributed by atoms with Gasteiger partial charge >= 0.3 is 0 Å². The number of carbonyl (C=O) groups excluding carboxylic acids is 1. The van der Waals surface area contributed by atoms with E-state index in [1.807, 2.05) is 23.5 Å². The fourth-order valence-corrected chi connectivity index (χ4v) is 4.79. The molecule has 1 saturated carbocycles. The van der Waals surface area contributed by atoms with Gasteiger partial charge in [0.25, 0.3) is 0 Å². The van der Waals surface area contributed by atoms with Gasteiger partial charge < -0.3 is 4.90 Å². The number of hydrogen-bond donors (Lipinski definition) is 0. The van der Waals surface area contributed by atoms with Crippen LogP contribution in [-0.2, 0) is 11.2 Å². The van der Waals surface area contributed by atoms with Crippen molar-refractivity contribution in [2.45, 2.75) is 38.1 Å². The van der Waals surface area contributed by atoms with Crippen LogP contribution >= 0.6 is 11.3 Å².